The third-order valence-corrected chi connectivity index (χ3v) is 4.62. The summed E-state index contributed by atoms with van der Waals surface area (Å²) in [7, 11) is 1.58. The molecule has 4 heteroatoms. The first-order chi connectivity index (χ1) is 11.9. The van der Waals surface area contributed by atoms with Crippen molar-refractivity contribution in [1.29, 1.82) is 0 Å². The maximum absolute atomic E-state index is 12.4. The Labute approximate surface area is 156 Å². The largest absolute Gasteiger partial charge is 0.507 e. The number of nitrogens with one attached hydrogen (secondary N) is 1. The van der Waals surface area contributed by atoms with Gasteiger partial charge in [-0.05, 0) is 33.9 Å². The fraction of sp³-hybridized carbons (Fsp3) is 0.500. The van der Waals surface area contributed by atoms with E-state index in [2.05, 4.69) is 46.5 Å². The number of hydrogen-bond donors (Lipinski definition) is 2. The van der Waals surface area contributed by atoms with Crippen molar-refractivity contribution < 1.29 is 14.6 Å². The van der Waals surface area contributed by atoms with Gasteiger partial charge in [-0.2, -0.15) is 0 Å². The molecule has 0 aliphatic carbocycles. The van der Waals surface area contributed by atoms with Gasteiger partial charge in [0.15, 0.2) is 5.78 Å². The average molecular weight is 357 g/mol. The van der Waals surface area contributed by atoms with E-state index < -0.39 is 0 Å². The molecule has 142 valence electrons. The van der Waals surface area contributed by atoms with Crippen LogP contribution in [0.25, 0.3) is 0 Å². The molecule has 0 aliphatic rings. The van der Waals surface area contributed by atoms with Crippen molar-refractivity contribution in [2.75, 3.05) is 7.11 Å². The van der Waals surface area contributed by atoms with E-state index in [4.69, 9.17) is 4.74 Å². The van der Waals surface area contributed by atoms with Gasteiger partial charge in [0.1, 0.15) is 11.5 Å². The van der Waals surface area contributed by atoms with Crippen LogP contribution in [-0.2, 0) is 17.3 Å². The van der Waals surface area contributed by atoms with E-state index in [0.29, 0.717) is 30.0 Å². The van der Waals surface area contributed by atoms with Crippen LogP contribution < -0.4 is 4.74 Å². The Kier molecular flexibility index (Phi) is 5.55. The number of phenolic OH excluding ortho intramolecular Hbond substituents is 1. The molecule has 4 nitrogen and oxygen atoms in total. The molecule has 0 unspecified atom stereocenters. The standard InChI is InChI=1S/C22H31NO3/c1-21(2,3)16-10-14(11-17(20(16)25)22(4,5)6)8-9-19(24)18-12-15(26-7)13-23-18/h10-13,23,25H,8-9H2,1-7H3. The number of H-pyrrole nitrogens is 1. The second-order valence-corrected chi connectivity index (χ2v) is 8.92. The highest BCUT2D eigenvalue weighted by atomic mass is 16.5. The summed E-state index contributed by atoms with van der Waals surface area (Å²) >= 11 is 0. The van der Waals surface area contributed by atoms with E-state index in [0.717, 1.165) is 16.7 Å². The number of aromatic hydroxyl groups is 1. The molecule has 0 aliphatic heterocycles. The number of benzene rings is 1. The van der Waals surface area contributed by atoms with Gasteiger partial charge in [0.2, 0.25) is 0 Å². The monoisotopic (exact) mass is 357 g/mol. The molecule has 2 rings (SSSR count). The third kappa shape index (κ3) is 4.48. The number of methoxy groups -OCH3 is 1. The molecule has 0 fully saturated rings. The van der Waals surface area contributed by atoms with Crippen LogP contribution in [0, 0.1) is 0 Å². The van der Waals surface area contributed by atoms with Crippen LogP contribution in [0.4, 0.5) is 0 Å². The first-order valence-electron chi connectivity index (χ1n) is 9.06. The predicted octanol–water partition coefficient (Wildman–Crippen LogP) is 5.14. The van der Waals surface area contributed by atoms with Crippen molar-refractivity contribution in [3.63, 3.8) is 0 Å². The zero-order valence-corrected chi connectivity index (χ0v) is 17.0. The van der Waals surface area contributed by atoms with E-state index in [1.54, 1.807) is 19.4 Å². The Morgan fingerprint density at radius 2 is 1.58 bits per heavy atom. The molecule has 0 saturated heterocycles. The lowest BCUT2D eigenvalue weighted by Gasteiger charge is -2.28. The van der Waals surface area contributed by atoms with Crippen LogP contribution in [0.2, 0.25) is 0 Å². The normalized spacial score (nSPS) is 12.3. The van der Waals surface area contributed by atoms with Gasteiger partial charge in [0.25, 0.3) is 0 Å². The molecule has 1 aromatic carbocycles. The van der Waals surface area contributed by atoms with Gasteiger partial charge in [-0.25, -0.2) is 0 Å². The lowest BCUT2D eigenvalue weighted by atomic mass is 9.78. The SMILES string of the molecule is COc1c[nH]c(C(=O)CCc2cc(C(C)(C)C)c(O)c(C(C)(C)C)c2)c1. The Morgan fingerprint density at radius 1 is 1.04 bits per heavy atom. The molecule has 0 radical (unpaired) electrons. The Balaban J connectivity index is 2.30. The fourth-order valence-electron chi connectivity index (χ4n) is 3.03. The summed E-state index contributed by atoms with van der Waals surface area (Å²) in [5.41, 5.74) is 3.15. The van der Waals surface area contributed by atoms with Gasteiger partial charge >= 0.3 is 0 Å². The van der Waals surface area contributed by atoms with Crippen LogP contribution >= 0.6 is 0 Å². The number of ketones is 1. The summed E-state index contributed by atoms with van der Waals surface area (Å²) in [6.07, 6.45) is 2.72. The van der Waals surface area contributed by atoms with Crippen molar-refractivity contribution in [3.05, 3.63) is 46.8 Å². The van der Waals surface area contributed by atoms with Crippen LogP contribution in [0.15, 0.2) is 24.4 Å². The Hall–Kier alpha value is -2.23. The fourth-order valence-corrected chi connectivity index (χ4v) is 3.03. The molecular weight excluding hydrogens is 326 g/mol. The molecule has 0 bridgehead atoms. The summed E-state index contributed by atoms with van der Waals surface area (Å²) < 4.78 is 5.12. The molecular formula is C22H31NO3. The Morgan fingerprint density at radius 3 is 2.00 bits per heavy atom. The molecule has 2 aromatic rings. The maximum Gasteiger partial charge on any atom is 0.179 e. The van der Waals surface area contributed by atoms with Crippen molar-refractivity contribution >= 4 is 5.78 Å². The first-order valence-corrected chi connectivity index (χ1v) is 9.06. The van der Waals surface area contributed by atoms with Crippen LogP contribution in [0.5, 0.6) is 11.5 Å². The van der Waals surface area contributed by atoms with E-state index in [1.807, 2.05) is 12.1 Å². The summed E-state index contributed by atoms with van der Waals surface area (Å²) in [5.74, 6) is 1.08. The molecule has 0 spiro atoms. The topological polar surface area (TPSA) is 62.3 Å². The van der Waals surface area contributed by atoms with Gasteiger partial charge in [0, 0.05) is 18.7 Å². The quantitative estimate of drug-likeness (QED) is 0.728. The number of aryl methyl sites for hydroxylation is 1. The number of hydrogen-bond acceptors (Lipinski definition) is 3. The number of aromatic amines is 1. The average Bonchev–Trinajstić information content (AvgIpc) is 3.00. The first kappa shape index (κ1) is 20.1. The highest BCUT2D eigenvalue weighted by Crippen LogP contribution is 2.40. The molecule has 0 amide bonds. The lowest BCUT2D eigenvalue weighted by molar-refractivity contribution is 0.0978. The van der Waals surface area contributed by atoms with Crippen LogP contribution in [0.3, 0.4) is 0 Å². The smallest absolute Gasteiger partial charge is 0.179 e. The minimum absolute atomic E-state index is 0.0518. The molecule has 26 heavy (non-hydrogen) atoms. The van der Waals surface area contributed by atoms with Crippen LogP contribution in [-0.4, -0.2) is 23.0 Å². The number of rotatable bonds is 5. The van der Waals surface area contributed by atoms with Crippen molar-refractivity contribution in [2.45, 2.75) is 65.2 Å². The predicted molar refractivity (Wildman–Crippen MR) is 106 cm³/mol. The van der Waals surface area contributed by atoms with Gasteiger partial charge in [0.05, 0.1) is 12.8 Å². The summed E-state index contributed by atoms with van der Waals surface area (Å²) in [6, 6.07) is 5.79. The number of aromatic nitrogens is 1. The molecule has 0 atom stereocenters. The summed E-state index contributed by atoms with van der Waals surface area (Å²) in [6.45, 7) is 12.6. The number of ether oxygens (including phenoxy) is 1. The molecule has 1 aromatic heterocycles. The zero-order chi connectivity index (χ0) is 19.7. The van der Waals surface area contributed by atoms with Crippen molar-refractivity contribution in [2.24, 2.45) is 0 Å². The van der Waals surface area contributed by atoms with E-state index in [9.17, 15) is 9.90 Å². The van der Waals surface area contributed by atoms with Crippen molar-refractivity contribution in [1.82, 2.24) is 4.98 Å². The summed E-state index contributed by atoms with van der Waals surface area (Å²) in [5, 5.41) is 10.8. The van der Waals surface area contributed by atoms with E-state index in [1.165, 1.54) is 0 Å². The second-order valence-electron chi connectivity index (χ2n) is 8.92. The van der Waals surface area contributed by atoms with Crippen molar-refractivity contribution in [3.8, 4) is 11.5 Å². The van der Waals surface area contributed by atoms with Gasteiger partial charge < -0.3 is 14.8 Å². The number of carbonyl (C=O) groups is 1. The van der Waals surface area contributed by atoms with Crippen LogP contribution in [0.1, 0.15) is 75.1 Å². The number of Topliss-reactive ketones (excluding diaryl/α,β-unsaturated/α-hetero) is 1. The van der Waals surface area contributed by atoms with Gasteiger partial charge in [-0.1, -0.05) is 53.7 Å². The minimum atomic E-state index is -0.170. The summed E-state index contributed by atoms with van der Waals surface area (Å²) in [4.78, 5) is 15.4. The molecule has 1 heterocycles. The third-order valence-electron chi connectivity index (χ3n) is 4.62. The zero-order valence-electron chi connectivity index (χ0n) is 17.0. The minimum Gasteiger partial charge on any atom is -0.507 e. The molecule has 2 N–H and O–H groups in total. The lowest BCUT2D eigenvalue weighted by Crippen LogP contribution is -2.18. The highest BCUT2D eigenvalue weighted by molar-refractivity contribution is 5.94. The highest BCUT2D eigenvalue weighted by Gasteiger charge is 2.26. The van der Waals surface area contributed by atoms with Gasteiger partial charge in [-0.3, -0.25) is 4.79 Å². The number of carbonyl (C=O) groups excluding carboxylic acids is 1. The maximum atomic E-state index is 12.4. The second kappa shape index (κ2) is 7.18. The Bertz CT molecular complexity index is 753. The van der Waals surface area contributed by atoms with E-state index >= 15 is 0 Å². The van der Waals surface area contributed by atoms with Gasteiger partial charge in [-0.15, -0.1) is 0 Å². The number of phenols is 1. The van der Waals surface area contributed by atoms with E-state index in [-0.39, 0.29) is 16.6 Å². The molecule has 0 saturated carbocycles.